The summed E-state index contributed by atoms with van der Waals surface area (Å²) in [6.07, 6.45) is 0. The summed E-state index contributed by atoms with van der Waals surface area (Å²) in [7, 11) is 3.07. The first kappa shape index (κ1) is 14.0. The molecule has 0 saturated heterocycles. The molecule has 20 heavy (non-hydrogen) atoms. The summed E-state index contributed by atoms with van der Waals surface area (Å²) < 4.78 is 15.6. The van der Waals surface area contributed by atoms with Crippen molar-refractivity contribution in [2.45, 2.75) is 6.54 Å². The number of carbonyl (C=O) groups is 1. The molecular formula is C14H16N2O4. The van der Waals surface area contributed by atoms with Crippen LogP contribution in [-0.2, 0) is 6.54 Å². The van der Waals surface area contributed by atoms with Gasteiger partial charge in [-0.05, 0) is 24.3 Å². The van der Waals surface area contributed by atoms with Gasteiger partial charge in [-0.15, -0.1) is 0 Å². The van der Waals surface area contributed by atoms with Gasteiger partial charge in [-0.1, -0.05) is 0 Å². The van der Waals surface area contributed by atoms with E-state index in [1.54, 1.807) is 37.4 Å². The Balaban J connectivity index is 2.21. The summed E-state index contributed by atoms with van der Waals surface area (Å²) in [5, 5.41) is 2.71. The summed E-state index contributed by atoms with van der Waals surface area (Å²) in [6, 6.07) is 8.36. The molecule has 1 amide bonds. The van der Waals surface area contributed by atoms with Crippen LogP contribution in [0.1, 0.15) is 16.3 Å². The van der Waals surface area contributed by atoms with Gasteiger partial charge >= 0.3 is 0 Å². The molecule has 1 aromatic carbocycles. The third-order valence-corrected chi connectivity index (χ3v) is 2.74. The standard InChI is InChI=1S/C14H16N2O4/c1-18-9-3-5-12(19-2)11(7-9)16-14(17)13-6-4-10(8-15)20-13/h3-7H,8,15H2,1-2H3,(H,16,17). The molecule has 2 rings (SSSR count). The van der Waals surface area contributed by atoms with Crippen LogP contribution in [0.5, 0.6) is 11.5 Å². The fourth-order valence-corrected chi connectivity index (χ4v) is 1.71. The Morgan fingerprint density at radius 1 is 1.25 bits per heavy atom. The second-order valence-electron chi connectivity index (χ2n) is 3.99. The smallest absolute Gasteiger partial charge is 0.291 e. The van der Waals surface area contributed by atoms with Crippen molar-refractivity contribution < 1.29 is 18.7 Å². The van der Waals surface area contributed by atoms with Crippen LogP contribution >= 0.6 is 0 Å². The summed E-state index contributed by atoms with van der Waals surface area (Å²) in [6.45, 7) is 0.246. The van der Waals surface area contributed by atoms with Gasteiger partial charge in [0.1, 0.15) is 17.3 Å². The Morgan fingerprint density at radius 3 is 2.65 bits per heavy atom. The molecule has 0 unspecified atom stereocenters. The van der Waals surface area contributed by atoms with E-state index in [0.717, 1.165) is 0 Å². The van der Waals surface area contributed by atoms with Crippen LogP contribution in [-0.4, -0.2) is 20.1 Å². The normalized spacial score (nSPS) is 10.2. The third kappa shape index (κ3) is 2.92. The van der Waals surface area contributed by atoms with Gasteiger partial charge in [-0.25, -0.2) is 0 Å². The molecule has 0 saturated carbocycles. The highest BCUT2D eigenvalue weighted by molar-refractivity contribution is 6.03. The molecule has 0 aliphatic heterocycles. The first-order valence-corrected chi connectivity index (χ1v) is 6.00. The van der Waals surface area contributed by atoms with Crippen LogP contribution in [0.25, 0.3) is 0 Å². The van der Waals surface area contributed by atoms with Gasteiger partial charge in [0.25, 0.3) is 5.91 Å². The average molecular weight is 276 g/mol. The minimum Gasteiger partial charge on any atom is -0.497 e. The van der Waals surface area contributed by atoms with Crippen molar-refractivity contribution in [1.82, 2.24) is 0 Å². The van der Waals surface area contributed by atoms with E-state index in [2.05, 4.69) is 5.32 Å². The Hall–Kier alpha value is -2.47. The second-order valence-corrected chi connectivity index (χ2v) is 3.99. The van der Waals surface area contributed by atoms with Crippen molar-refractivity contribution in [2.75, 3.05) is 19.5 Å². The van der Waals surface area contributed by atoms with Gasteiger partial charge in [0.15, 0.2) is 5.76 Å². The molecule has 0 fully saturated rings. The Morgan fingerprint density at radius 2 is 2.05 bits per heavy atom. The largest absolute Gasteiger partial charge is 0.497 e. The number of furan rings is 1. The predicted molar refractivity (Wildman–Crippen MR) is 74.1 cm³/mol. The van der Waals surface area contributed by atoms with E-state index in [-0.39, 0.29) is 18.2 Å². The van der Waals surface area contributed by atoms with Crippen molar-refractivity contribution >= 4 is 11.6 Å². The topological polar surface area (TPSA) is 86.7 Å². The van der Waals surface area contributed by atoms with Crippen LogP contribution < -0.4 is 20.5 Å². The number of hydrogen-bond donors (Lipinski definition) is 2. The second kappa shape index (κ2) is 6.12. The van der Waals surface area contributed by atoms with Crippen molar-refractivity contribution in [2.24, 2.45) is 5.73 Å². The molecule has 0 aliphatic carbocycles. The van der Waals surface area contributed by atoms with Crippen LogP contribution in [0.2, 0.25) is 0 Å². The summed E-state index contributed by atoms with van der Waals surface area (Å²) in [5.74, 6) is 1.51. The maximum absolute atomic E-state index is 12.1. The molecule has 6 heteroatoms. The molecule has 6 nitrogen and oxygen atoms in total. The monoisotopic (exact) mass is 276 g/mol. The summed E-state index contributed by atoms with van der Waals surface area (Å²) >= 11 is 0. The number of nitrogens with two attached hydrogens (primary N) is 1. The maximum atomic E-state index is 12.1. The number of amides is 1. The molecule has 2 aromatic rings. The number of ether oxygens (including phenoxy) is 2. The zero-order chi connectivity index (χ0) is 14.5. The van der Waals surface area contributed by atoms with Crippen molar-refractivity contribution in [3.05, 3.63) is 41.9 Å². The van der Waals surface area contributed by atoms with Gasteiger partial charge in [0.05, 0.1) is 26.5 Å². The van der Waals surface area contributed by atoms with Crippen LogP contribution in [0.3, 0.4) is 0 Å². The van der Waals surface area contributed by atoms with Gasteiger partial charge in [0.2, 0.25) is 0 Å². The Bertz CT molecular complexity index is 607. The average Bonchev–Trinajstić information content (AvgIpc) is 2.96. The first-order valence-electron chi connectivity index (χ1n) is 6.00. The molecule has 1 heterocycles. The molecule has 0 radical (unpaired) electrons. The van der Waals surface area contributed by atoms with E-state index in [1.165, 1.54) is 7.11 Å². The predicted octanol–water partition coefficient (Wildman–Crippen LogP) is 2.01. The van der Waals surface area contributed by atoms with Crippen molar-refractivity contribution in [3.63, 3.8) is 0 Å². The van der Waals surface area contributed by atoms with E-state index >= 15 is 0 Å². The van der Waals surface area contributed by atoms with E-state index in [4.69, 9.17) is 19.6 Å². The van der Waals surface area contributed by atoms with E-state index in [0.29, 0.717) is 22.9 Å². The number of carbonyl (C=O) groups excluding carboxylic acids is 1. The Kier molecular flexibility index (Phi) is 4.27. The lowest BCUT2D eigenvalue weighted by molar-refractivity contribution is 0.0994. The third-order valence-electron chi connectivity index (χ3n) is 2.74. The number of nitrogens with one attached hydrogen (secondary N) is 1. The zero-order valence-corrected chi connectivity index (χ0v) is 11.3. The minimum absolute atomic E-state index is 0.190. The number of anilines is 1. The van der Waals surface area contributed by atoms with Crippen LogP contribution in [0.15, 0.2) is 34.7 Å². The zero-order valence-electron chi connectivity index (χ0n) is 11.3. The molecule has 106 valence electrons. The minimum atomic E-state index is -0.378. The van der Waals surface area contributed by atoms with E-state index < -0.39 is 0 Å². The van der Waals surface area contributed by atoms with E-state index in [1.807, 2.05) is 0 Å². The summed E-state index contributed by atoms with van der Waals surface area (Å²) in [4.78, 5) is 12.1. The molecule has 0 aliphatic rings. The SMILES string of the molecule is COc1ccc(OC)c(NC(=O)c2ccc(CN)o2)c1. The molecular weight excluding hydrogens is 260 g/mol. The van der Waals surface area contributed by atoms with Gasteiger partial charge < -0.3 is 24.9 Å². The van der Waals surface area contributed by atoms with Crippen LogP contribution in [0, 0.1) is 0 Å². The van der Waals surface area contributed by atoms with Gasteiger partial charge in [-0.3, -0.25) is 4.79 Å². The fourth-order valence-electron chi connectivity index (χ4n) is 1.71. The molecule has 3 N–H and O–H groups in total. The van der Waals surface area contributed by atoms with Crippen molar-refractivity contribution in [3.8, 4) is 11.5 Å². The van der Waals surface area contributed by atoms with Gasteiger partial charge in [0, 0.05) is 6.07 Å². The highest BCUT2D eigenvalue weighted by Crippen LogP contribution is 2.29. The highest BCUT2D eigenvalue weighted by atomic mass is 16.5. The first-order chi connectivity index (χ1) is 9.67. The lowest BCUT2D eigenvalue weighted by Gasteiger charge is -2.10. The van der Waals surface area contributed by atoms with Crippen molar-refractivity contribution in [1.29, 1.82) is 0 Å². The quantitative estimate of drug-likeness (QED) is 0.872. The number of hydrogen-bond acceptors (Lipinski definition) is 5. The lowest BCUT2D eigenvalue weighted by Crippen LogP contribution is -2.12. The van der Waals surface area contributed by atoms with Gasteiger partial charge in [-0.2, -0.15) is 0 Å². The molecule has 0 spiro atoms. The fraction of sp³-hybridized carbons (Fsp3) is 0.214. The highest BCUT2D eigenvalue weighted by Gasteiger charge is 2.14. The van der Waals surface area contributed by atoms with Crippen LogP contribution in [0.4, 0.5) is 5.69 Å². The van der Waals surface area contributed by atoms with E-state index in [9.17, 15) is 4.79 Å². The summed E-state index contributed by atoms with van der Waals surface area (Å²) in [5.41, 5.74) is 5.94. The Labute approximate surface area is 116 Å². The molecule has 0 atom stereocenters. The number of rotatable bonds is 5. The molecule has 1 aromatic heterocycles. The molecule has 0 bridgehead atoms. The lowest BCUT2D eigenvalue weighted by atomic mass is 10.2. The number of methoxy groups -OCH3 is 2. The maximum Gasteiger partial charge on any atom is 0.291 e. The number of benzene rings is 1.